The lowest BCUT2D eigenvalue weighted by Gasteiger charge is -2.42. The Balaban J connectivity index is 1.84. The van der Waals surface area contributed by atoms with Gasteiger partial charge in [0.15, 0.2) is 6.29 Å². The van der Waals surface area contributed by atoms with Gasteiger partial charge >= 0.3 is 11.9 Å². The van der Waals surface area contributed by atoms with Crippen molar-refractivity contribution in [2.45, 2.75) is 56.8 Å². The first-order chi connectivity index (χ1) is 18.7. The van der Waals surface area contributed by atoms with Gasteiger partial charge in [-0.25, -0.2) is 9.59 Å². The van der Waals surface area contributed by atoms with Crippen LogP contribution in [0.3, 0.4) is 0 Å². The van der Waals surface area contributed by atoms with E-state index >= 15 is 0 Å². The number of rotatable bonds is 11. The van der Waals surface area contributed by atoms with E-state index < -0.39 is 67.4 Å². The normalized spacial score (nSPS) is 30.8. The Labute approximate surface area is 226 Å². The van der Waals surface area contributed by atoms with E-state index in [0.29, 0.717) is 12.2 Å². The van der Waals surface area contributed by atoms with Gasteiger partial charge in [-0.3, -0.25) is 4.98 Å². The van der Waals surface area contributed by atoms with Crippen molar-refractivity contribution in [1.29, 1.82) is 0 Å². The molecule has 0 aliphatic carbocycles. The van der Waals surface area contributed by atoms with Gasteiger partial charge in [0.2, 0.25) is 6.29 Å². The fourth-order valence-electron chi connectivity index (χ4n) is 4.18. The fraction of sp³-hybridized carbons (Fsp3) is 0.519. The quantitative estimate of drug-likeness (QED) is 0.173. The summed E-state index contributed by atoms with van der Waals surface area (Å²) in [5.41, 5.74) is 0.980. The first kappa shape index (κ1) is 30.4. The van der Waals surface area contributed by atoms with Gasteiger partial charge in [-0.2, -0.15) is 0 Å². The first-order valence-corrected chi connectivity index (χ1v) is 12.6. The van der Waals surface area contributed by atoms with Crippen molar-refractivity contribution in [2.75, 3.05) is 20.3 Å². The van der Waals surface area contributed by atoms with Crippen molar-refractivity contribution in [2.24, 2.45) is 11.8 Å². The molecule has 0 bridgehead atoms. The molecule has 0 unspecified atom stereocenters. The van der Waals surface area contributed by atoms with Crippen LogP contribution in [0.5, 0.6) is 0 Å². The molecule has 39 heavy (non-hydrogen) atoms. The van der Waals surface area contributed by atoms with E-state index in [1.54, 1.807) is 18.2 Å². The highest BCUT2D eigenvalue weighted by Crippen LogP contribution is 2.36. The van der Waals surface area contributed by atoms with E-state index in [-0.39, 0.29) is 11.1 Å². The topological polar surface area (TPSA) is 174 Å². The van der Waals surface area contributed by atoms with E-state index in [0.717, 1.165) is 19.1 Å². The number of methoxy groups -OCH3 is 1. The van der Waals surface area contributed by atoms with Crippen LogP contribution in [0, 0.1) is 11.8 Å². The standard InChI is InChI=1S/C27H35NO11/c1-4-6-9-36-24(33)16-10-15(11-28-12-16)7-8-18-17(5-2)26(37-14-19(18)25(34)35-3)39-27-23(32)22(31)21(30)20(13-29)38-27/h5,7-8,10-12,14,17-18,20-23,26-27,29-32H,2,4,6,9,13H2,1,3H3/t17-,18+,20-,21-,22+,23-,26+,27+/m1/s1. The zero-order chi connectivity index (χ0) is 28.5. The zero-order valence-corrected chi connectivity index (χ0v) is 21.8. The number of carbonyl (C=O) groups is 2. The number of aromatic nitrogens is 1. The molecule has 0 spiro atoms. The van der Waals surface area contributed by atoms with Crippen LogP contribution < -0.4 is 0 Å². The Hall–Kier alpha value is -3.13. The second-order valence-corrected chi connectivity index (χ2v) is 9.10. The van der Waals surface area contributed by atoms with Gasteiger partial charge in [-0.05, 0) is 18.1 Å². The maximum absolute atomic E-state index is 12.5. The molecule has 0 amide bonds. The van der Waals surface area contributed by atoms with Crippen molar-refractivity contribution < 1.29 is 53.7 Å². The number of pyridine rings is 1. The minimum absolute atomic E-state index is 0.149. The number of esters is 2. The van der Waals surface area contributed by atoms with Crippen LogP contribution >= 0.6 is 0 Å². The van der Waals surface area contributed by atoms with Gasteiger partial charge in [0.05, 0.1) is 43.6 Å². The molecular formula is C27H35NO11. The summed E-state index contributed by atoms with van der Waals surface area (Å²) in [6.07, 6.45) is 1.91. The minimum atomic E-state index is -1.65. The largest absolute Gasteiger partial charge is 0.471 e. The minimum Gasteiger partial charge on any atom is -0.471 e. The Morgan fingerprint density at radius 1 is 1.13 bits per heavy atom. The van der Waals surface area contributed by atoms with Crippen LogP contribution in [0.25, 0.3) is 6.08 Å². The van der Waals surface area contributed by atoms with E-state index in [1.807, 2.05) is 6.92 Å². The number of hydrogen-bond acceptors (Lipinski definition) is 12. The van der Waals surface area contributed by atoms with Gasteiger partial charge in [0, 0.05) is 18.3 Å². The summed E-state index contributed by atoms with van der Waals surface area (Å²) >= 11 is 0. The Bertz CT molecular complexity index is 1060. The lowest BCUT2D eigenvalue weighted by atomic mass is 9.83. The van der Waals surface area contributed by atoms with Crippen LogP contribution in [-0.2, 0) is 28.5 Å². The van der Waals surface area contributed by atoms with Gasteiger partial charge in [0.1, 0.15) is 24.4 Å². The summed E-state index contributed by atoms with van der Waals surface area (Å²) < 4.78 is 27.0. The third kappa shape index (κ3) is 7.29. The number of unbranched alkanes of at least 4 members (excludes halogenated alkanes) is 1. The number of carbonyl (C=O) groups excluding carboxylic acids is 2. The average Bonchev–Trinajstić information content (AvgIpc) is 2.95. The summed E-state index contributed by atoms with van der Waals surface area (Å²) in [7, 11) is 1.22. The lowest BCUT2D eigenvalue weighted by molar-refractivity contribution is -0.338. The molecule has 12 heteroatoms. The van der Waals surface area contributed by atoms with Crippen LogP contribution in [0.15, 0.2) is 49.0 Å². The second-order valence-electron chi connectivity index (χ2n) is 9.10. The number of allylic oxidation sites excluding steroid dienone is 1. The zero-order valence-electron chi connectivity index (χ0n) is 21.8. The molecule has 1 fully saturated rings. The SMILES string of the molecule is C=C[C@H]1[C@H](O[C@@H]2O[C@H](CO)[C@@H](O)[C@H](O)[C@H]2O)OC=C(C(=O)OC)[C@H]1C=Cc1cncc(C(=O)OCCCC)c1. The summed E-state index contributed by atoms with van der Waals surface area (Å²) in [5, 5.41) is 40.0. The molecule has 0 aromatic carbocycles. The summed E-state index contributed by atoms with van der Waals surface area (Å²) in [6, 6.07) is 1.60. The highest BCUT2D eigenvalue weighted by Gasteiger charge is 2.47. The van der Waals surface area contributed by atoms with Crippen LogP contribution in [0.2, 0.25) is 0 Å². The lowest BCUT2D eigenvalue weighted by Crippen LogP contribution is -2.60. The van der Waals surface area contributed by atoms with Gasteiger partial charge in [-0.1, -0.05) is 31.6 Å². The molecule has 3 rings (SSSR count). The molecule has 2 aliphatic rings. The molecule has 8 atom stereocenters. The number of aliphatic hydroxyl groups excluding tert-OH is 4. The fourth-order valence-corrected chi connectivity index (χ4v) is 4.18. The van der Waals surface area contributed by atoms with Crippen LogP contribution in [0.1, 0.15) is 35.7 Å². The molecule has 1 aromatic rings. The number of aliphatic hydroxyl groups is 4. The molecule has 12 nitrogen and oxygen atoms in total. The van der Waals surface area contributed by atoms with Crippen molar-refractivity contribution in [3.63, 3.8) is 0 Å². The predicted molar refractivity (Wildman–Crippen MR) is 135 cm³/mol. The summed E-state index contributed by atoms with van der Waals surface area (Å²) in [5.74, 6) is -2.57. The maximum Gasteiger partial charge on any atom is 0.339 e. The Morgan fingerprint density at radius 3 is 2.56 bits per heavy atom. The van der Waals surface area contributed by atoms with E-state index in [1.165, 1.54) is 25.6 Å². The van der Waals surface area contributed by atoms with Crippen molar-refractivity contribution in [3.05, 3.63) is 60.2 Å². The average molecular weight is 550 g/mol. The second kappa shape index (κ2) is 14.3. The molecule has 0 saturated carbocycles. The van der Waals surface area contributed by atoms with Gasteiger partial charge < -0.3 is 44.1 Å². The molecule has 214 valence electrons. The highest BCUT2D eigenvalue weighted by atomic mass is 16.8. The van der Waals surface area contributed by atoms with Gasteiger partial charge in [-0.15, -0.1) is 6.58 Å². The predicted octanol–water partition coefficient (Wildman–Crippen LogP) is 0.700. The highest BCUT2D eigenvalue weighted by molar-refractivity contribution is 5.90. The van der Waals surface area contributed by atoms with E-state index in [4.69, 9.17) is 23.7 Å². The van der Waals surface area contributed by atoms with Crippen molar-refractivity contribution in [1.82, 2.24) is 4.98 Å². The smallest absolute Gasteiger partial charge is 0.339 e. The Kier molecular flexibility index (Phi) is 11.2. The Morgan fingerprint density at radius 2 is 1.90 bits per heavy atom. The van der Waals surface area contributed by atoms with Crippen LogP contribution in [-0.4, -0.2) is 94.7 Å². The van der Waals surface area contributed by atoms with E-state index in [2.05, 4.69) is 11.6 Å². The summed E-state index contributed by atoms with van der Waals surface area (Å²) in [6.45, 7) is 5.49. The molecule has 4 N–H and O–H groups in total. The number of ether oxygens (including phenoxy) is 5. The van der Waals surface area contributed by atoms with Gasteiger partial charge in [0.25, 0.3) is 0 Å². The molecule has 2 aliphatic heterocycles. The van der Waals surface area contributed by atoms with Crippen molar-refractivity contribution >= 4 is 18.0 Å². The molecule has 0 radical (unpaired) electrons. The monoisotopic (exact) mass is 549 g/mol. The third-order valence-corrected chi connectivity index (χ3v) is 6.45. The maximum atomic E-state index is 12.5. The summed E-state index contributed by atoms with van der Waals surface area (Å²) in [4.78, 5) is 28.9. The molecule has 1 saturated heterocycles. The first-order valence-electron chi connectivity index (χ1n) is 12.6. The molecule has 3 heterocycles. The third-order valence-electron chi connectivity index (χ3n) is 6.45. The van der Waals surface area contributed by atoms with Crippen molar-refractivity contribution in [3.8, 4) is 0 Å². The van der Waals surface area contributed by atoms with E-state index in [9.17, 15) is 30.0 Å². The number of hydrogen-bond donors (Lipinski definition) is 4. The molecule has 1 aromatic heterocycles. The molecular weight excluding hydrogens is 514 g/mol. The number of nitrogens with zero attached hydrogens (tertiary/aromatic N) is 1. The van der Waals surface area contributed by atoms with Crippen LogP contribution in [0.4, 0.5) is 0 Å².